The summed E-state index contributed by atoms with van der Waals surface area (Å²) in [5.74, 6) is 1.18. The Balaban J connectivity index is 1.29. The molecule has 6 rings (SSSR count). The van der Waals surface area contributed by atoms with Gasteiger partial charge in [0.25, 0.3) is 0 Å². The van der Waals surface area contributed by atoms with Crippen LogP contribution < -0.4 is 4.90 Å². The maximum absolute atomic E-state index is 13.0. The summed E-state index contributed by atoms with van der Waals surface area (Å²) in [4.78, 5) is 22.3. The van der Waals surface area contributed by atoms with Gasteiger partial charge in [0.1, 0.15) is 11.9 Å². The lowest BCUT2D eigenvalue weighted by atomic mass is 9.91. The van der Waals surface area contributed by atoms with Crippen molar-refractivity contribution in [2.75, 3.05) is 24.5 Å². The predicted molar refractivity (Wildman–Crippen MR) is 145 cm³/mol. The molecule has 1 spiro atoms. The second kappa shape index (κ2) is 8.69. The first-order chi connectivity index (χ1) is 18.2. The number of nitriles is 1. The molecule has 0 aromatic carbocycles. The van der Waals surface area contributed by atoms with E-state index in [1.165, 1.54) is 0 Å². The number of fused-ring (bicyclic) bond motifs is 1. The fraction of sp³-hybridized carbons (Fsp3) is 0.414. The lowest BCUT2D eigenvalue weighted by molar-refractivity contribution is -0.136. The average molecular weight is 509 g/mol. The van der Waals surface area contributed by atoms with Crippen LogP contribution in [0, 0.1) is 16.7 Å². The van der Waals surface area contributed by atoms with Crippen LogP contribution in [0.15, 0.2) is 49.2 Å². The Bertz CT molecular complexity index is 1560. The molecule has 1 amide bonds. The third-order valence-electron chi connectivity index (χ3n) is 7.61. The Morgan fingerprint density at radius 3 is 2.50 bits per heavy atom. The van der Waals surface area contributed by atoms with E-state index < -0.39 is 0 Å². The number of hydrogen-bond acceptors (Lipinski definition) is 6. The van der Waals surface area contributed by atoms with E-state index in [0.717, 1.165) is 66.1 Å². The summed E-state index contributed by atoms with van der Waals surface area (Å²) in [5.41, 5.74) is 4.97. The Kier molecular flexibility index (Phi) is 5.53. The van der Waals surface area contributed by atoms with E-state index in [2.05, 4.69) is 59.0 Å². The van der Waals surface area contributed by atoms with E-state index >= 15 is 0 Å². The molecule has 1 saturated carbocycles. The van der Waals surface area contributed by atoms with Crippen molar-refractivity contribution >= 4 is 17.2 Å². The van der Waals surface area contributed by atoms with Crippen LogP contribution in [-0.2, 0) is 11.8 Å². The van der Waals surface area contributed by atoms with Crippen molar-refractivity contribution in [1.82, 2.24) is 29.3 Å². The summed E-state index contributed by atoms with van der Waals surface area (Å²) < 4.78 is 3.53. The highest BCUT2D eigenvalue weighted by atomic mass is 16.2. The number of pyridine rings is 2. The van der Waals surface area contributed by atoms with Crippen LogP contribution >= 0.6 is 0 Å². The van der Waals surface area contributed by atoms with Crippen molar-refractivity contribution in [3.05, 3.63) is 54.7 Å². The molecule has 4 aromatic heterocycles. The molecule has 2 aliphatic rings. The molecule has 0 unspecified atom stereocenters. The van der Waals surface area contributed by atoms with Gasteiger partial charge >= 0.3 is 0 Å². The summed E-state index contributed by atoms with van der Waals surface area (Å²) in [5, 5.41) is 18.4. The van der Waals surface area contributed by atoms with Gasteiger partial charge < -0.3 is 9.80 Å². The first-order valence-electron chi connectivity index (χ1n) is 13.1. The zero-order chi connectivity index (χ0) is 26.7. The Labute approximate surface area is 222 Å². The number of carbonyl (C=O) groups excluding carboxylic acids is 1. The molecule has 4 aromatic rings. The number of amides is 1. The number of carbonyl (C=O) groups is 1. The van der Waals surface area contributed by atoms with Gasteiger partial charge in [-0.1, -0.05) is 20.8 Å². The third-order valence-corrected chi connectivity index (χ3v) is 7.61. The van der Waals surface area contributed by atoms with Crippen molar-refractivity contribution in [1.29, 1.82) is 5.26 Å². The molecular formula is C29H32N8O. The monoisotopic (exact) mass is 508 g/mol. The van der Waals surface area contributed by atoms with Crippen LogP contribution in [0.25, 0.3) is 27.8 Å². The normalized spacial score (nSPS) is 16.7. The minimum Gasteiger partial charge on any atom is -0.352 e. The van der Waals surface area contributed by atoms with Crippen molar-refractivity contribution < 1.29 is 4.79 Å². The number of rotatable bonds is 4. The van der Waals surface area contributed by atoms with Crippen molar-refractivity contribution in [3.63, 3.8) is 0 Å². The highest BCUT2D eigenvalue weighted by molar-refractivity contribution is 5.87. The summed E-state index contributed by atoms with van der Waals surface area (Å²) >= 11 is 0. The van der Waals surface area contributed by atoms with Crippen LogP contribution in [-0.4, -0.2) is 60.4 Å². The highest BCUT2D eigenvalue weighted by Gasteiger charge is 2.53. The van der Waals surface area contributed by atoms with Crippen LogP contribution in [0.2, 0.25) is 0 Å². The SMILES string of the molecule is Cn1cc(-c2cc(-c3ccc(N4CCN(C(=O)CC(C)(C)C)C5(CC5)C4)nc3)c3c(C#N)cnn3c2)cn1. The predicted octanol–water partition coefficient (Wildman–Crippen LogP) is 4.29. The Morgan fingerprint density at radius 2 is 1.87 bits per heavy atom. The van der Waals surface area contributed by atoms with Gasteiger partial charge in [-0.15, -0.1) is 0 Å². The van der Waals surface area contributed by atoms with E-state index in [4.69, 9.17) is 4.98 Å². The largest absolute Gasteiger partial charge is 0.352 e. The number of anilines is 1. The van der Waals surface area contributed by atoms with E-state index in [1.54, 1.807) is 15.4 Å². The molecule has 1 aliphatic heterocycles. The number of nitrogens with zero attached hydrogens (tertiary/aromatic N) is 8. The quantitative estimate of drug-likeness (QED) is 0.408. The summed E-state index contributed by atoms with van der Waals surface area (Å²) in [6.45, 7) is 8.68. The fourth-order valence-electron chi connectivity index (χ4n) is 5.57. The molecule has 0 bridgehead atoms. The summed E-state index contributed by atoms with van der Waals surface area (Å²) in [7, 11) is 1.89. The van der Waals surface area contributed by atoms with E-state index in [1.807, 2.05) is 37.9 Å². The summed E-state index contributed by atoms with van der Waals surface area (Å²) in [6.07, 6.45) is 11.9. The van der Waals surface area contributed by atoms with E-state index in [9.17, 15) is 10.1 Å². The molecule has 194 valence electrons. The van der Waals surface area contributed by atoms with Gasteiger partial charge in [0, 0.05) is 73.9 Å². The lowest BCUT2D eigenvalue weighted by Crippen LogP contribution is -2.57. The second-order valence-electron chi connectivity index (χ2n) is 11.8. The van der Waals surface area contributed by atoms with Crippen molar-refractivity contribution in [2.45, 2.75) is 45.6 Å². The van der Waals surface area contributed by atoms with Gasteiger partial charge in [0.15, 0.2) is 0 Å². The molecule has 0 atom stereocenters. The molecular weight excluding hydrogens is 476 g/mol. The molecule has 0 radical (unpaired) electrons. The van der Waals surface area contributed by atoms with Gasteiger partial charge in [0.05, 0.1) is 29.0 Å². The van der Waals surface area contributed by atoms with E-state index in [-0.39, 0.29) is 16.9 Å². The molecule has 1 aliphatic carbocycles. The standard InChI is InChI=1S/C29H32N8O/c1-28(2,3)12-26(38)36-10-9-35(19-29(36)7-8-29)25-6-5-20(14-31-25)24-11-21(23-16-32-34(4)17-23)18-37-27(24)22(13-30)15-33-37/h5-6,11,14-18H,7-10,12,19H2,1-4H3. The van der Waals surface area contributed by atoms with Crippen LogP contribution in [0.4, 0.5) is 5.82 Å². The number of aromatic nitrogens is 5. The minimum absolute atomic E-state index is 0.0116. The lowest BCUT2D eigenvalue weighted by Gasteiger charge is -2.43. The number of aryl methyl sites for hydroxylation is 1. The third kappa shape index (κ3) is 4.30. The average Bonchev–Trinajstić information content (AvgIpc) is 3.30. The zero-order valence-corrected chi connectivity index (χ0v) is 22.3. The Morgan fingerprint density at radius 1 is 1.05 bits per heavy atom. The highest BCUT2D eigenvalue weighted by Crippen LogP contribution is 2.46. The smallest absolute Gasteiger partial charge is 0.223 e. The van der Waals surface area contributed by atoms with E-state index in [0.29, 0.717) is 12.0 Å². The molecule has 9 heteroatoms. The molecule has 38 heavy (non-hydrogen) atoms. The fourth-order valence-corrected chi connectivity index (χ4v) is 5.57. The first kappa shape index (κ1) is 24.2. The Hall–Kier alpha value is -4.19. The summed E-state index contributed by atoms with van der Waals surface area (Å²) in [6, 6.07) is 8.46. The molecule has 0 N–H and O–H groups in total. The molecule has 2 fully saturated rings. The van der Waals surface area contributed by atoms with Crippen molar-refractivity contribution in [2.24, 2.45) is 12.5 Å². The topological polar surface area (TPSA) is 95.3 Å². The molecule has 9 nitrogen and oxygen atoms in total. The van der Waals surface area contributed by atoms with Crippen LogP contribution in [0.3, 0.4) is 0 Å². The van der Waals surface area contributed by atoms with Crippen molar-refractivity contribution in [3.8, 4) is 28.3 Å². The maximum atomic E-state index is 13.0. The van der Waals surface area contributed by atoms with Gasteiger partial charge in [-0.3, -0.25) is 9.48 Å². The van der Waals surface area contributed by atoms with Gasteiger partial charge in [-0.2, -0.15) is 15.5 Å². The molecule has 5 heterocycles. The van der Waals surface area contributed by atoms with Gasteiger partial charge in [-0.05, 0) is 36.5 Å². The molecule has 1 saturated heterocycles. The maximum Gasteiger partial charge on any atom is 0.223 e. The van der Waals surface area contributed by atoms with Crippen LogP contribution in [0.5, 0.6) is 0 Å². The number of hydrogen-bond donors (Lipinski definition) is 0. The van der Waals surface area contributed by atoms with Gasteiger partial charge in [-0.25, -0.2) is 9.50 Å². The number of piperazine rings is 1. The second-order valence-corrected chi connectivity index (χ2v) is 11.8. The first-order valence-corrected chi connectivity index (χ1v) is 13.1. The minimum atomic E-state index is -0.0511. The van der Waals surface area contributed by atoms with Crippen LogP contribution in [0.1, 0.15) is 45.6 Å². The zero-order valence-electron chi connectivity index (χ0n) is 22.3. The van der Waals surface area contributed by atoms with Gasteiger partial charge in [0.2, 0.25) is 5.91 Å².